The van der Waals surface area contributed by atoms with Gasteiger partial charge < -0.3 is 0 Å². The summed E-state index contributed by atoms with van der Waals surface area (Å²) in [6.07, 6.45) is 12.9. The van der Waals surface area contributed by atoms with Crippen LogP contribution in [0.2, 0.25) is 0 Å². The maximum atomic E-state index is 13.0. The quantitative estimate of drug-likeness (QED) is 0.514. The third-order valence-corrected chi connectivity index (χ3v) is 6.78. The SMILES string of the molecule is CCCC/C=C/C(C1CCCCC1)S(=O)(=O)c1ccccc1. The molecular formula is C19H28O2S. The minimum Gasteiger partial charge on any atom is -0.223 e. The molecule has 1 aliphatic carbocycles. The fraction of sp³-hybridized carbons (Fsp3) is 0.579. The lowest BCUT2D eigenvalue weighted by molar-refractivity contribution is 0.360. The first-order chi connectivity index (χ1) is 10.7. The van der Waals surface area contributed by atoms with E-state index in [1.165, 1.54) is 6.42 Å². The van der Waals surface area contributed by atoms with E-state index in [0.717, 1.165) is 44.9 Å². The van der Waals surface area contributed by atoms with E-state index in [0.29, 0.717) is 4.90 Å². The number of benzene rings is 1. The van der Waals surface area contributed by atoms with Crippen molar-refractivity contribution in [1.82, 2.24) is 0 Å². The van der Waals surface area contributed by atoms with Crippen molar-refractivity contribution >= 4 is 9.84 Å². The second kappa shape index (κ2) is 8.52. The van der Waals surface area contributed by atoms with Crippen molar-refractivity contribution in [3.8, 4) is 0 Å². The van der Waals surface area contributed by atoms with E-state index < -0.39 is 9.84 Å². The Morgan fingerprint density at radius 3 is 2.45 bits per heavy atom. The number of hydrogen-bond donors (Lipinski definition) is 0. The molecule has 1 atom stereocenters. The van der Waals surface area contributed by atoms with Crippen LogP contribution in [0, 0.1) is 5.92 Å². The lowest BCUT2D eigenvalue weighted by Crippen LogP contribution is -2.30. The molecule has 0 N–H and O–H groups in total. The van der Waals surface area contributed by atoms with Crippen LogP contribution < -0.4 is 0 Å². The fourth-order valence-electron chi connectivity index (χ4n) is 3.30. The van der Waals surface area contributed by atoms with Gasteiger partial charge in [0.25, 0.3) is 0 Å². The van der Waals surface area contributed by atoms with Gasteiger partial charge in [-0.2, -0.15) is 0 Å². The van der Waals surface area contributed by atoms with Crippen LogP contribution in [-0.4, -0.2) is 13.7 Å². The molecule has 1 fully saturated rings. The molecule has 22 heavy (non-hydrogen) atoms. The Hall–Kier alpha value is -1.09. The van der Waals surface area contributed by atoms with Crippen LogP contribution in [0.25, 0.3) is 0 Å². The number of rotatable bonds is 7. The lowest BCUT2D eigenvalue weighted by atomic mass is 9.86. The summed E-state index contributed by atoms with van der Waals surface area (Å²) >= 11 is 0. The predicted octanol–water partition coefficient (Wildman–Crippen LogP) is 5.16. The maximum absolute atomic E-state index is 13.0. The Morgan fingerprint density at radius 2 is 1.82 bits per heavy atom. The van der Waals surface area contributed by atoms with Crippen LogP contribution >= 0.6 is 0 Å². The van der Waals surface area contributed by atoms with E-state index >= 15 is 0 Å². The molecule has 1 saturated carbocycles. The van der Waals surface area contributed by atoms with Gasteiger partial charge in [0.2, 0.25) is 0 Å². The third-order valence-electron chi connectivity index (χ3n) is 4.59. The van der Waals surface area contributed by atoms with Crippen LogP contribution in [0.4, 0.5) is 0 Å². The van der Waals surface area contributed by atoms with Gasteiger partial charge in [-0.25, -0.2) is 8.42 Å². The lowest BCUT2D eigenvalue weighted by Gasteiger charge is -2.28. The first-order valence-corrected chi connectivity index (χ1v) is 10.2. The Balaban J connectivity index is 2.24. The zero-order valence-corrected chi connectivity index (χ0v) is 14.4. The molecule has 0 amide bonds. The van der Waals surface area contributed by atoms with Crippen molar-refractivity contribution in [3.63, 3.8) is 0 Å². The van der Waals surface area contributed by atoms with Crippen molar-refractivity contribution in [2.75, 3.05) is 0 Å². The zero-order valence-electron chi connectivity index (χ0n) is 13.6. The van der Waals surface area contributed by atoms with Gasteiger partial charge in [-0.15, -0.1) is 0 Å². The second-order valence-corrected chi connectivity index (χ2v) is 8.40. The molecule has 2 nitrogen and oxygen atoms in total. The maximum Gasteiger partial charge on any atom is 0.185 e. The molecule has 1 aromatic rings. The van der Waals surface area contributed by atoms with Gasteiger partial charge in [0.05, 0.1) is 10.1 Å². The molecule has 3 heteroatoms. The summed E-state index contributed by atoms with van der Waals surface area (Å²) in [5.41, 5.74) is 0. The standard InChI is InChI=1S/C19H28O2S/c1-2-3-4-11-16-19(17-12-7-5-8-13-17)22(20,21)18-14-9-6-10-15-18/h6,9-11,14-17,19H,2-5,7-8,12-13H2,1H3/b16-11+. The summed E-state index contributed by atoms with van der Waals surface area (Å²) in [7, 11) is -3.27. The summed E-state index contributed by atoms with van der Waals surface area (Å²) in [6.45, 7) is 2.16. The first-order valence-electron chi connectivity index (χ1n) is 8.62. The van der Waals surface area contributed by atoms with Gasteiger partial charge in [-0.05, 0) is 37.3 Å². The molecule has 0 heterocycles. The molecule has 0 aliphatic heterocycles. The van der Waals surface area contributed by atoms with Crippen molar-refractivity contribution in [2.45, 2.75) is 68.4 Å². The van der Waals surface area contributed by atoms with Crippen molar-refractivity contribution in [3.05, 3.63) is 42.5 Å². The molecule has 0 bridgehead atoms. The Bertz CT molecular complexity index is 554. The number of sulfone groups is 1. The van der Waals surface area contributed by atoms with E-state index in [-0.39, 0.29) is 11.2 Å². The minimum atomic E-state index is -3.27. The van der Waals surface area contributed by atoms with Crippen molar-refractivity contribution in [2.24, 2.45) is 5.92 Å². The topological polar surface area (TPSA) is 34.1 Å². The van der Waals surface area contributed by atoms with Gasteiger partial charge in [-0.1, -0.05) is 69.4 Å². The van der Waals surface area contributed by atoms with Crippen LogP contribution in [-0.2, 0) is 9.84 Å². The van der Waals surface area contributed by atoms with Gasteiger partial charge >= 0.3 is 0 Å². The van der Waals surface area contributed by atoms with Crippen molar-refractivity contribution in [1.29, 1.82) is 0 Å². The number of hydrogen-bond acceptors (Lipinski definition) is 2. The second-order valence-electron chi connectivity index (χ2n) is 6.29. The average molecular weight is 320 g/mol. The molecule has 1 aromatic carbocycles. The van der Waals surface area contributed by atoms with Crippen LogP contribution in [0.15, 0.2) is 47.4 Å². The van der Waals surface area contributed by atoms with E-state index in [1.54, 1.807) is 12.1 Å². The van der Waals surface area contributed by atoms with E-state index in [2.05, 4.69) is 13.0 Å². The molecular weight excluding hydrogens is 292 g/mol. The largest absolute Gasteiger partial charge is 0.223 e. The van der Waals surface area contributed by atoms with Gasteiger partial charge in [0, 0.05) is 0 Å². The molecule has 0 saturated heterocycles. The van der Waals surface area contributed by atoms with Gasteiger partial charge in [0.1, 0.15) is 0 Å². The average Bonchev–Trinajstić information content (AvgIpc) is 2.56. The highest BCUT2D eigenvalue weighted by atomic mass is 32.2. The van der Waals surface area contributed by atoms with E-state index in [1.807, 2.05) is 24.3 Å². The van der Waals surface area contributed by atoms with Crippen LogP contribution in [0.3, 0.4) is 0 Å². The van der Waals surface area contributed by atoms with Crippen LogP contribution in [0.1, 0.15) is 58.3 Å². The highest BCUT2D eigenvalue weighted by molar-refractivity contribution is 7.92. The van der Waals surface area contributed by atoms with Gasteiger partial charge in [-0.3, -0.25) is 0 Å². The highest BCUT2D eigenvalue weighted by Crippen LogP contribution is 2.33. The molecule has 0 aromatic heterocycles. The minimum absolute atomic E-state index is 0.275. The summed E-state index contributed by atoms with van der Waals surface area (Å²) in [4.78, 5) is 0.464. The monoisotopic (exact) mass is 320 g/mol. The summed E-state index contributed by atoms with van der Waals surface area (Å²) in [6, 6.07) is 8.94. The van der Waals surface area contributed by atoms with Gasteiger partial charge in [0.15, 0.2) is 9.84 Å². The number of allylic oxidation sites excluding steroid dienone is 1. The third kappa shape index (κ3) is 4.45. The molecule has 0 radical (unpaired) electrons. The zero-order chi connectivity index (χ0) is 15.8. The molecule has 2 rings (SSSR count). The Morgan fingerprint density at radius 1 is 1.14 bits per heavy atom. The summed E-state index contributed by atoms with van der Waals surface area (Å²) in [5.74, 6) is 0.275. The first kappa shape index (κ1) is 17.3. The molecule has 122 valence electrons. The molecule has 0 spiro atoms. The fourth-order valence-corrected chi connectivity index (χ4v) is 5.24. The van der Waals surface area contributed by atoms with E-state index in [4.69, 9.17) is 0 Å². The molecule has 1 unspecified atom stereocenters. The Kier molecular flexibility index (Phi) is 6.69. The Labute approximate surface area is 135 Å². The van der Waals surface area contributed by atoms with Crippen molar-refractivity contribution < 1.29 is 8.42 Å². The summed E-state index contributed by atoms with van der Waals surface area (Å²) < 4.78 is 26.1. The number of unbranched alkanes of at least 4 members (excludes halogenated alkanes) is 2. The highest BCUT2D eigenvalue weighted by Gasteiger charge is 2.33. The van der Waals surface area contributed by atoms with Crippen LogP contribution in [0.5, 0.6) is 0 Å². The summed E-state index contributed by atoms with van der Waals surface area (Å²) in [5, 5.41) is -0.355. The smallest absolute Gasteiger partial charge is 0.185 e. The van der Waals surface area contributed by atoms with E-state index in [9.17, 15) is 8.42 Å². The predicted molar refractivity (Wildman–Crippen MR) is 92.7 cm³/mol. The molecule has 1 aliphatic rings. The normalized spacial score (nSPS) is 18.6.